The minimum absolute atomic E-state index is 0.0552. The molecule has 1 amide bonds. The van der Waals surface area contributed by atoms with Crippen molar-refractivity contribution in [1.82, 2.24) is 9.88 Å². The summed E-state index contributed by atoms with van der Waals surface area (Å²) in [5.74, 6) is 1.05. The van der Waals surface area contributed by atoms with Crippen LogP contribution >= 0.6 is 11.6 Å². The Hall–Kier alpha value is -2.01. The van der Waals surface area contributed by atoms with Crippen molar-refractivity contribution in [3.8, 4) is 0 Å². The van der Waals surface area contributed by atoms with Gasteiger partial charge in [-0.1, -0.05) is 23.7 Å². The summed E-state index contributed by atoms with van der Waals surface area (Å²) >= 11 is 6.28. The van der Waals surface area contributed by atoms with Gasteiger partial charge in [-0.2, -0.15) is 0 Å². The Kier molecular flexibility index (Phi) is 4.57. The molecule has 3 rings (SSSR count). The molecule has 1 aliphatic rings. The molecule has 1 aromatic carbocycles. The Bertz CT molecular complexity index is 714. The maximum Gasteiger partial charge on any atom is 0.276 e. The van der Waals surface area contributed by atoms with Crippen LogP contribution in [0.2, 0.25) is 5.02 Å². The second kappa shape index (κ2) is 6.62. The lowest BCUT2D eigenvalue weighted by atomic mass is 10.2. The van der Waals surface area contributed by atoms with Crippen molar-refractivity contribution in [2.24, 2.45) is 0 Å². The van der Waals surface area contributed by atoms with Gasteiger partial charge in [0, 0.05) is 33.1 Å². The van der Waals surface area contributed by atoms with Gasteiger partial charge in [-0.05, 0) is 25.5 Å². The van der Waals surface area contributed by atoms with Gasteiger partial charge in [-0.25, -0.2) is 4.98 Å². The smallest absolute Gasteiger partial charge is 0.276 e. The van der Waals surface area contributed by atoms with Gasteiger partial charge in [-0.15, -0.1) is 0 Å². The van der Waals surface area contributed by atoms with Crippen LogP contribution < -0.4 is 4.90 Å². The second-order valence-corrected chi connectivity index (χ2v) is 6.13. The highest BCUT2D eigenvalue weighted by atomic mass is 35.5. The first-order valence-corrected chi connectivity index (χ1v) is 8.17. The summed E-state index contributed by atoms with van der Waals surface area (Å²) in [4.78, 5) is 21.0. The van der Waals surface area contributed by atoms with Crippen molar-refractivity contribution in [3.05, 3.63) is 46.6 Å². The highest BCUT2D eigenvalue weighted by Crippen LogP contribution is 2.26. The van der Waals surface area contributed by atoms with E-state index in [1.54, 1.807) is 13.8 Å². The van der Waals surface area contributed by atoms with Crippen molar-refractivity contribution in [2.75, 3.05) is 31.1 Å². The third-order valence-corrected chi connectivity index (χ3v) is 4.40. The number of anilines is 1. The van der Waals surface area contributed by atoms with Gasteiger partial charge in [0.2, 0.25) is 0 Å². The molecule has 0 atom stereocenters. The Morgan fingerprint density at radius 3 is 2.65 bits per heavy atom. The minimum atomic E-state index is -0.0552. The first-order valence-electron chi connectivity index (χ1n) is 7.79. The van der Waals surface area contributed by atoms with E-state index in [0.717, 1.165) is 30.2 Å². The largest absolute Gasteiger partial charge is 0.445 e. The lowest BCUT2D eigenvalue weighted by Crippen LogP contribution is -2.35. The molecule has 23 heavy (non-hydrogen) atoms. The molecule has 1 fully saturated rings. The van der Waals surface area contributed by atoms with E-state index in [1.165, 1.54) is 0 Å². The quantitative estimate of drug-likeness (QED) is 0.846. The van der Waals surface area contributed by atoms with Gasteiger partial charge in [0.05, 0.1) is 10.7 Å². The molecule has 6 heteroatoms. The summed E-state index contributed by atoms with van der Waals surface area (Å²) in [6, 6.07) is 7.82. The number of aryl methyl sites for hydroxylation is 2. The van der Waals surface area contributed by atoms with E-state index >= 15 is 0 Å². The zero-order valence-electron chi connectivity index (χ0n) is 13.4. The molecule has 122 valence electrons. The SMILES string of the molecule is Cc1nc(C(=O)N2CCCN(c3ccccc3Cl)CC2)c(C)o1. The fourth-order valence-electron chi connectivity index (χ4n) is 2.95. The molecule has 0 aliphatic carbocycles. The topological polar surface area (TPSA) is 49.6 Å². The fraction of sp³-hybridized carbons (Fsp3) is 0.412. The number of halogens is 1. The average Bonchev–Trinajstić information content (AvgIpc) is 2.74. The van der Waals surface area contributed by atoms with E-state index < -0.39 is 0 Å². The molecule has 0 N–H and O–H groups in total. The van der Waals surface area contributed by atoms with Crippen LogP contribution in [0.25, 0.3) is 0 Å². The molecule has 0 bridgehead atoms. The fourth-order valence-corrected chi connectivity index (χ4v) is 3.20. The minimum Gasteiger partial charge on any atom is -0.445 e. The molecule has 1 aliphatic heterocycles. The number of amides is 1. The zero-order valence-corrected chi connectivity index (χ0v) is 14.1. The summed E-state index contributed by atoms with van der Waals surface area (Å²) in [6.45, 7) is 6.53. The van der Waals surface area contributed by atoms with Crippen LogP contribution in [0.4, 0.5) is 5.69 Å². The van der Waals surface area contributed by atoms with Crippen LogP contribution in [0.15, 0.2) is 28.7 Å². The molecule has 0 spiro atoms. The number of nitrogens with zero attached hydrogens (tertiary/aromatic N) is 3. The van der Waals surface area contributed by atoms with Crippen LogP contribution in [0.1, 0.15) is 28.6 Å². The van der Waals surface area contributed by atoms with Gasteiger partial charge < -0.3 is 14.2 Å². The Balaban J connectivity index is 1.73. The first-order chi connectivity index (χ1) is 11.1. The molecular formula is C17H20ClN3O2. The molecule has 2 aromatic rings. The highest BCUT2D eigenvalue weighted by molar-refractivity contribution is 6.33. The molecule has 0 unspecified atom stereocenters. The average molecular weight is 334 g/mol. The van der Waals surface area contributed by atoms with E-state index in [-0.39, 0.29) is 5.91 Å². The van der Waals surface area contributed by atoms with Gasteiger partial charge in [0.1, 0.15) is 5.76 Å². The van der Waals surface area contributed by atoms with Crippen LogP contribution in [0.3, 0.4) is 0 Å². The van der Waals surface area contributed by atoms with Crippen LogP contribution in [0.5, 0.6) is 0 Å². The summed E-state index contributed by atoms with van der Waals surface area (Å²) in [6.07, 6.45) is 0.896. The van der Waals surface area contributed by atoms with Crippen LogP contribution in [0, 0.1) is 13.8 Å². The molecular weight excluding hydrogens is 314 g/mol. The number of para-hydroxylation sites is 1. The number of rotatable bonds is 2. The van der Waals surface area contributed by atoms with Crippen molar-refractivity contribution < 1.29 is 9.21 Å². The summed E-state index contributed by atoms with van der Waals surface area (Å²) in [5, 5.41) is 0.746. The van der Waals surface area contributed by atoms with Gasteiger partial charge >= 0.3 is 0 Å². The molecule has 1 aromatic heterocycles. The number of carbonyl (C=O) groups excluding carboxylic acids is 1. The predicted molar refractivity (Wildman–Crippen MR) is 90.2 cm³/mol. The summed E-state index contributed by atoms with van der Waals surface area (Å²) in [5.41, 5.74) is 1.45. The molecule has 0 radical (unpaired) electrons. The summed E-state index contributed by atoms with van der Waals surface area (Å²) < 4.78 is 5.38. The lowest BCUT2D eigenvalue weighted by molar-refractivity contribution is 0.0760. The lowest BCUT2D eigenvalue weighted by Gasteiger charge is -2.24. The third-order valence-electron chi connectivity index (χ3n) is 4.08. The van der Waals surface area contributed by atoms with Gasteiger partial charge in [0.15, 0.2) is 11.6 Å². The van der Waals surface area contributed by atoms with Crippen LogP contribution in [-0.2, 0) is 0 Å². The third kappa shape index (κ3) is 3.34. The van der Waals surface area contributed by atoms with E-state index in [1.807, 2.05) is 29.2 Å². The van der Waals surface area contributed by atoms with Crippen molar-refractivity contribution >= 4 is 23.2 Å². The molecule has 0 saturated carbocycles. The Labute approximate surface area is 140 Å². The van der Waals surface area contributed by atoms with E-state index in [4.69, 9.17) is 16.0 Å². The Morgan fingerprint density at radius 1 is 1.17 bits per heavy atom. The van der Waals surface area contributed by atoms with E-state index in [2.05, 4.69) is 9.88 Å². The second-order valence-electron chi connectivity index (χ2n) is 5.72. The van der Waals surface area contributed by atoms with Crippen molar-refractivity contribution in [3.63, 3.8) is 0 Å². The number of hydrogen-bond donors (Lipinski definition) is 0. The maximum atomic E-state index is 12.7. The van der Waals surface area contributed by atoms with Gasteiger partial charge in [0.25, 0.3) is 5.91 Å². The normalized spacial score (nSPS) is 15.6. The molecule has 1 saturated heterocycles. The molecule has 2 heterocycles. The standard InChI is InChI=1S/C17H20ClN3O2/c1-12-16(19-13(2)23-12)17(22)21-9-5-8-20(10-11-21)15-7-4-3-6-14(15)18/h3-4,6-7H,5,8-11H2,1-2H3. The maximum absolute atomic E-state index is 12.7. The van der Waals surface area contributed by atoms with Crippen molar-refractivity contribution in [1.29, 1.82) is 0 Å². The number of hydrogen-bond acceptors (Lipinski definition) is 4. The zero-order chi connectivity index (χ0) is 16.4. The number of benzene rings is 1. The van der Waals surface area contributed by atoms with Crippen molar-refractivity contribution in [2.45, 2.75) is 20.3 Å². The van der Waals surface area contributed by atoms with Crippen LogP contribution in [-0.4, -0.2) is 42.0 Å². The summed E-state index contributed by atoms with van der Waals surface area (Å²) in [7, 11) is 0. The highest BCUT2D eigenvalue weighted by Gasteiger charge is 2.25. The predicted octanol–water partition coefficient (Wildman–Crippen LogP) is 3.30. The Morgan fingerprint density at radius 2 is 1.96 bits per heavy atom. The number of carbonyl (C=O) groups is 1. The monoisotopic (exact) mass is 333 g/mol. The van der Waals surface area contributed by atoms with E-state index in [9.17, 15) is 4.79 Å². The van der Waals surface area contributed by atoms with Gasteiger partial charge in [-0.3, -0.25) is 4.79 Å². The van der Waals surface area contributed by atoms with E-state index in [0.29, 0.717) is 30.4 Å². The number of oxazole rings is 1. The first kappa shape index (κ1) is 15.9. The molecule has 5 nitrogen and oxygen atoms in total. The number of aromatic nitrogens is 1.